The van der Waals surface area contributed by atoms with Gasteiger partial charge in [-0.15, -0.1) is 0 Å². The summed E-state index contributed by atoms with van der Waals surface area (Å²) in [7, 11) is 0. The molecule has 0 bridgehead atoms. The number of amides is 1. The lowest BCUT2D eigenvalue weighted by atomic mass is 10.2. The Balaban J connectivity index is 5.17. The van der Waals surface area contributed by atoms with Crippen LogP contribution < -0.4 is 0 Å². The molecule has 3 nitrogen and oxygen atoms in total. The maximum atomic E-state index is 12.0. The number of hydrogen-bond donors (Lipinski definition) is 0. The van der Waals surface area contributed by atoms with E-state index in [4.69, 9.17) is 0 Å². The van der Waals surface area contributed by atoms with Crippen LogP contribution in [0.2, 0.25) is 0 Å². The van der Waals surface area contributed by atoms with Crippen molar-refractivity contribution in [1.82, 2.24) is 0 Å². The first-order valence-corrected chi connectivity index (χ1v) is 4.19. The zero-order valence-corrected chi connectivity index (χ0v) is 9.03. The van der Waals surface area contributed by atoms with Crippen LogP contribution in [-0.4, -0.2) is 29.8 Å². The minimum atomic E-state index is -5.77. The smallest absolute Gasteiger partial charge is 0.438 e. The zero-order valence-electron chi connectivity index (χ0n) is 9.03. The Kier molecular flexibility index (Phi) is 4.19. The SMILES string of the molecule is CC(C)(C)OC(=O)N=C(C(F)(F)F)C(F)(F)F. The molecular weight excluding hydrogens is 256 g/mol. The van der Waals surface area contributed by atoms with Gasteiger partial charge >= 0.3 is 18.4 Å². The second-order valence-electron chi connectivity index (χ2n) is 3.94. The fourth-order valence-electron chi connectivity index (χ4n) is 0.664. The highest BCUT2D eigenvalue weighted by atomic mass is 19.4. The molecule has 0 atom stereocenters. The largest absolute Gasteiger partial charge is 0.442 e. The minimum Gasteiger partial charge on any atom is -0.442 e. The van der Waals surface area contributed by atoms with Gasteiger partial charge in [0.15, 0.2) is 0 Å². The van der Waals surface area contributed by atoms with Crippen molar-refractivity contribution in [3.8, 4) is 0 Å². The molecule has 0 aromatic carbocycles. The van der Waals surface area contributed by atoms with Gasteiger partial charge in [-0.1, -0.05) is 0 Å². The summed E-state index contributed by atoms with van der Waals surface area (Å²) in [5, 5.41) is 0. The number of halogens is 6. The summed E-state index contributed by atoms with van der Waals surface area (Å²) < 4.78 is 75.9. The van der Waals surface area contributed by atoms with Crippen LogP contribution in [0.4, 0.5) is 31.1 Å². The predicted molar refractivity (Wildman–Crippen MR) is 45.8 cm³/mol. The first-order chi connectivity index (χ1) is 7.23. The second-order valence-corrected chi connectivity index (χ2v) is 3.94. The van der Waals surface area contributed by atoms with Crippen LogP contribution in [0.3, 0.4) is 0 Å². The van der Waals surface area contributed by atoms with E-state index in [1.807, 2.05) is 4.99 Å². The zero-order chi connectivity index (χ0) is 14.1. The van der Waals surface area contributed by atoms with E-state index in [0.717, 1.165) is 0 Å². The highest BCUT2D eigenvalue weighted by molar-refractivity contribution is 6.00. The van der Waals surface area contributed by atoms with Crippen molar-refractivity contribution in [2.24, 2.45) is 4.99 Å². The molecule has 0 heterocycles. The molecule has 0 aromatic rings. The van der Waals surface area contributed by atoms with Gasteiger partial charge in [-0.05, 0) is 20.8 Å². The van der Waals surface area contributed by atoms with Crippen LogP contribution in [0.1, 0.15) is 20.8 Å². The molecule has 0 N–H and O–H groups in total. The number of aliphatic imine (C=N–C) groups is 1. The van der Waals surface area contributed by atoms with E-state index in [0.29, 0.717) is 0 Å². The summed E-state index contributed by atoms with van der Waals surface area (Å²) >= 11 is 0. The molecule has 0 rings (SSSR count). The Morgan fingerprint density at radius 2 is 1.29 bits per heavy atom. The molecule has 0 unspecified atom stereocenters. The fourth-order valence-corrected chi connectivity index (χ4v) is 0.664. The van der Waals surface area contributed by atoms with E-state index in [1.54, 1.807) is 0 Å². The van der Waals surface area contributed by atoms with Crippen molar-refractivity contribution in [3.05, 3.63) is 0 Å². The molecule has 0 spiro atoms. The topological polar surface area (TPSA) is 38.7 Å². The van der Waals surface area contributed by atoms with Crippen LogP contribution >= 0.6 is 0 Å². The van der Waals surface area contributed by atoms with Crippen molar-refractivity contribution < 1.29 is 35.9 Å². The summed E-state index contributed by atoms with van der Waals surface area (Å²) in [5.74, 6) is 0. The van der Waals surface area contributed by atoms with Crippen molar-refractivity contribution in [2.45, 2.75) is 38.7 Å². The van der Waals surface area contributed by atoms with Gasteiger partial charge < -0.3 is 4.74 Å². The average molecular weight is 265 g/mol. The van der Waals surface area contributed by atoms with Gasteiger partial charge in [-0.25, -0.2) is 4.79 Å². The van der Waals surface area contributed by atoms with Crippen LogP contribution in [-0.2, 0) is 4.74 Å². The average Bonchev–Trinajstić information content (AvgIpc) is 1.91. The van der Waals surface area contributed by atoms with E-state index in [2.05, 4.69) is 4.74 Å². The van der Waals surface area contributed by atoms with E-state index < -0.39 is 29.8 Å². The quantitative estimate of drug-likeness (QED) is 0.496. The third-order valence-corrected chi connectivity index (χ3v) is 1.13. The number of rotatable bonds is 0. The van der Waals surface area contributed by atoms with E-state index >= 15 is 0 Å². The molecule has 0 radical (unpaired) electrons. The number of nitrogens with zero attached hydrogens (tertiary/aromatic N) is 1. The van der Waals surface area contributed by atoms with Gasteiger partial charge in [0.2, 0.25) is 5.71 Å². The normalized spacial score (nSPS) is 13.2. The molecule has 0 aromatic heterocycles. The molecule has 1 amide bonds. The number of carbonyl (C=O) groups is 1. The van der Waals surface area contributed by atoms with E-state index in [9.17, 15) is 31.1 Å². The Bertz CT molecular complexity index is 306. The highest BCUT2D eigenvalue weighted by Crippen LogP contribution is 2.30. The summed E-state index contributed by atoms with van der Waals surface area (Å²) in [6.45, 7) is 3.84. The third-order valence-electron chi connectivity index (χ3n) is 1.13. The van der Waals surface area contributed by atoms with Crippen molar-refractivity contribution in [3.63, 3.8) is 0 Å². The number of carbonyl (C=O) groups excluding carboxylic acids is 1. The fraction of sp³-hybridized carbons (Fsp3) is 0.750. The molecule has 0 saturated carbocycles. The van der Waals surface area contributed by atoms with Gasteiger partial charge in [0.05, 0.1) is 0 Å². The van der Waals surface area contributed by atoms with Gasteiger partial charge in [0.1, 0.15) is 5.60 Å². The maximum absolute atomic E-state index is 12.0. The third kappa shape index (κ3) is 6.12. The van der Waals surface area contributed by atoms with Gasteiger partial charge in [-0.3, -0.25) is 0 Å². The van der Waals surface area contributed by atoms with Crippen LogP contribution in [0.25, 0.3) is 0 Å². The van der Waals surface area contributed by atoms with E-state index in [1.165, 1.54) is 20.8 Å². The van der Waals surface area contributed by atoms with Crippen molar-refractivity contribution in [2.75, 3.05) is 0 Å². The lowest BCUT2D eigenvalue weighted by Gasteiger charge is -2.18. The summed E-state index contributed by atoms with van der Waals surface area (Å²) in [5.41, 5.74) is -4.37. The Hall–Kier alpha value is -1.28. The van der Waals surface area contributed by atoms with Crippen LogP contribution in [0, 0.1) is 0 Å². The maximum Gasteiger partial charge on any atom is 0.438 e. The van der Waals surface area contributed by atoms with Crippen LogP contribution in [0.5, 0.6) is 0 Å². The molecule has 0 aliphatic rings. The molecular formula is C8H9F6NO2. The van der Waals surface area contributed by atoms with Crippen molar-refractivity contribution >= 4 is 11.8 Å². The van der Waals surface area contributed by atoms with Gasteiger partial charge in [-0.2, -0.15) is 31.3 Å². The lowest BCUT2D eigenvalue weighted by molar-refractivity contribution is -0.118. The standard InChI is InChI=1S/C8H9F6NO2/c1-6(2,3)17-5(16)15-4(7(9,10)11)8(12,13)14/h1-3H3. The van der Waals surface area contributed by atoms with E-state index in [-0.39, 0.29) is 0 Å². The minimum absolute atomic E-state index is 1.23. The highest BCUT2D eigenvalue weighted by Gasteiger charge is 2.54. The Morgan fingerprint density at radius 3 is 1.53 bits per heavy atom. The Labute approximate surface area is 92.5 Å². The number of ether oxygens (including phenoxy) is 1. The lowest BCUT2D eigenvalue weighted by Crippen LogP contribution is -2.38. The molecule has 17 heavy (non-hydrogen) atoms. The first-order valence-electron chi connectivity index (χ1n) is 4.19. The predicted octanol–water partition coefficient (Wildman–Crippen LogP) is 3.49. The molecule has 9 heteroatoms. The molecule has 0 saturated heterocycles. The molecule has 0 fully saturated rings. The summed E-state index contributed by atoms with van der Waals surface area (Å²) in [4.78, 5) is 12.7. The summed E-state index contributed by atoms with van der Waals surface area (Å²) in [6.07, 6.45) is -13.5. The first kappa shape index (κ1) is 15.7. The Morgan fingerprint density at radius 1 is 0.941 bits per heavy atom. The van der Waals surface area contributed by atoms with Crippen LogP contribution in [0.15, 0.2) is 4.99 Å². The number of hydrogen-bond acceptors (Lipinski definition) is 2. The monoisotopic (exact) mass is 265 g/mol. The molecule has 0 aliphatic carbocycles. The van der Waals surface area contributed by atoms with Crippen molar-refractivity contribution in [1.29, 1.82) is 0 Å². The second kappa shape index (κ2) is 4.53. The van der Waals surface area contributed by atoms with Gasteiger partial charge in [0.25, 0.3) is 0 Å². The van der Waals surface area contributed by atoms with Gasteiger partial charge in [0, 0.05) is 0 Å². The molecule has 0 aliphatic heterocycles. The molecule has 100 valence electrons. The summed E-state index contributed by atoms with van der Waals surface area (Å²) in [6, 6.07) is 0. The number of alkyl halides is 6.